The van der Waals surface area contributed by atoms with Crippen LogP contribution in [-0.2, 0) is 4.79 Å². The fourth-order valence-electron chi connectivity index (χ4n) is 2.46. The van der Waals surface area contributed by atoms with E-state index in [4.69, 9.17) is 13.9 Å². The maximum atomic E-state index is 12.2. The van der Waals surface area contributed by atoms with Gasteiger partial charge in [0.05, 0.1) is 36.1 Å². The first kappa shape index (κ1) is 21.1. The van der Waals surface area contributed by atoms with Gasteiger partial charge in [0.15, 0.2) is 0 Å². The molecule has 10 nitrogen and oxygen atoms in total. The lowest BCUT2D eigenvalue weighted by molar-refractivity contribution is -0.384. The van der Waals surface area contributed by atoms with Crippen molar-refractivity contribution < 1.29 is 23.6 Å². The largest absolute Gasteiger partial charge is 0.494 e. The summed E-state index contributed by atoms with van der Waals surface area (Å²) >= 11 is 1.07. The Labute approximate surface area is 175 Å². The summed E-state index contributed by atoms with van der Waals surface area (Å²) in [5.41, 5.74) is 0.930. The summed E-state index contributed by atoms with van der Waals surface area (Å²) in [4.78, 5) is 22.5. The van der Waals surface area contributed by atoms with Crippen LogP contribution in [0.15, 0.2) is 52.1 Å². The number of nitrogens with one attached hydrogen (secondary N) is 1. The Morgan fingerprint density at radius 2 is 2.00 bits per heavy atom. The van der Waals surface area contributed by atoms with E-state index in [1.807, 2.05) is 6.92 Å². The minimum Gasteiger partial charge on any atom is -0.494 e. The highest BCUT2D eigenvalue weighted by Gasteiger charge is 2.15. The Morgan fingerprint density at radius 1 is 1.23 bits per heavy atom. The zero-order valence-electron chi connectivity index (χ0n) is 16.2. The maximum absolute atomic E-state index is 12.2. The van der Waals surface area contributed by atoms with Crippen molar-refractivity contribution in [3.05, 3.63) is 52.6 Å². The molecule has 2 aromatic carbocycles. The minimum atomic E-state index is -0.540. The average molecular weight is 430 g/mol. The fraction of sp³-hybridized carbons (Fsp3) is 0.211. The van der Waals surface area contributed by atoms with E-state index in [0.717, 1.165) is 23.1 Å². The van der Waals surface area contributed by atoms with Crippen molar-refractivity contribution >= 4 is 29.0 Å². The first-order valence-corrected chi connectivity index (χ1v) is 9.80. The Hall–Kier alpha value is -3.60. The second kappa shape index (κ2) is 9.74. The molecule has 0 fully saturated rings. The highest BCUT2D eigenvalue weighted by Crippen LogP contribution is 2.30. The van der Waals surface area contributed by atoms with Crippen molar-refractivity contribution in [1.82, 2.24) is 10.2 Å². The summed E-state index contributed by atoms with van der Waals surface area (Å²) in [5, 5.41) is 21.6. The van der Waals surface area contributed by atoms with E-state index < -0.39 is 4.92 Å². The molecule has 0 spiro atoms. The van der Waals surface area contributed by atoms with E-state index in [9.17, 15) is 14.9 Å². The van der Waals surface area contributed by atoms with Crippen LogP contribution in [0.3, 0.4) is 0 Å². The van der Waals surface area contributed by atoms with E-state index in [1.165, 1.54) is 25.3 Å². The van der Waals surface area contributed by atoms with E-state index in [2.05, 4.69) is 15.5 Å². The van der Waals surface area contributed by atoms with E-state index in [0.29, 0.717) is 18.2 Å². The number of ether oxygens (including phenoxy) is 2. The Balaban J connectivity index is 1.58. The highest BCUT2D eigenvalue weighted by atomic mass is 32.2. The zero-order valence-corrected chi connectivity index (χ0v) is 17.0. The summed E-state index contributed by atoms with van der Waals surface area (Å²) in [5.74, 6) is 0.920. The van der Waals surface area contributed by atoms with E-state index >= 15 is 0 Å². The van der Waals surface area contributed by atoms with Gasteiger partial charge in [0.2, 0.25) is 11.8 Å². The topological polar surface area (TPSA) is 130 Å². The third-order valence-corrected chi connectivity index (χ3v) is 4.63. The van der Waals surface area contributed by atoms with Crippen molar-refractivity contribution in [2.24, 2.45) is 0 Å². The molecule has 156 valence electrons. The van der Waals surface area contributed by atoms with Gasteiger partial charge in [-0.3, -0.25) is 14.9 Å². The van der Waals surface area contributed by atoms with Crippen LogP contribution in [-0.4, -0.2) is 40.5 Å². The lowest BCUT2D eigenvalue weighted by Crippen LogP contribution is -2.14. The number of anilines is 1. The number of hydrogen-bond acceptors (Lipinski definition) is 9. The van der Waals surface area contributed by atoms with Crippen molar-refractivity contribution in [1.29, 1.82) is 0 Å². The second-order valence-electron chi connectivity index (χ2n) is 5.81. The van der Waals surface area contributed by atoms with Gasteiger partial charge >= 0.3 is 0 Å². The SMILES string of the molecule is CCOc1ccc(-c2nnc(SCC(=O)Nc3ccc([N+](=O)[O-])cc3OC)o2)cc1. The number of amides is 1. The van der Waals surface area contributed by atoms with Gasteiger partial charge in [0, 0.05) is 11.6 Å². The Kier molecular flexibility index (Phi) is 6.86. The summed E-state index contributed by atoms with van der Waals surface area (Å²) in [6, 6.07) is 11.2. The summed E-state index contributed by atoms with van der Waals surface area (Å²) in [7, 11) is 1.37. The summed E-state index contributed by atoms with van der Waals surface area (Å²) in [6.07, 6.45) is 0. The number of nitrogens with zero attached hydrogens (tertiary/aromatic N) is 3. The molecule has 0 atom stereocenters. The molecule has 0 aliphatic rings. The molecule has 1 amide bonds. The molecule has 0 aliphatic heterocycles. The first-order valence-electron chi connectivity index (χ1n) is 8.82. The van der Waals surface area contributed by atoms with Crippen LogP contribution in [0, 0.1) is 10.1 Å². The normalized spacial score (nSPS) is 10.5. The van der Waals surface area contributed by atoms with Gasteiger partial charge in [-0.15, -0.1) is 10.2 Å². The molecule has 3 aromatic rings. The van der Waals surface area contributed by atoms with Crippen LogP contribution in [0.25, 0.3) is 11.5 Å². The van der Waals surface area contributed by atoms with Crippen LogP contribution < -0.4 is 14.8 Å². The molecule has 0 radical (unpaired) electrons. The predicted octanol–water partition coefficient (Wildman–Crippen LogP) is 3.78. The van der Waals surface area contributed by atoms with Crippen molar-refractivity contribution in [3.8, 4) is 23.0 Å². The Bertz CT molecular complexity index is 1040. The van der Waals surface area contributed by atoms with Gasteiger partial charge in [0.25, 0.3) is 10.9 Å². The minimum absolute atomic E-state index is 0.00501. The van der Waals surface area contributed by atoms with Crippen LogP contribution in [0.5, 0.6) is 11.5 Å². The zero-order chi connectivity index (χ0) is 21.5. The number of hydrogen-bond donors (Lipinski definition) is 1. The summed E-state index contributed by atoms with van der Waals surface area (Å²) < 4.78 is 16.1. The lowest BCUT2D eigenvalue weighted by atomic mass is 10.2. The van der Waals surface area contributed by atoms with Crippen LogP contribution in [0.1, 0.15) is 6.92 Å². The fourth-order valence-corrected chi connectivity index (χ4v) is 3.02. The number of carbonyl (C=O) groups is 1. The van der Waals surface area contributed by atoms with Gasteiger partial charge in [-0.1, -0.05) is 11.8 Å². The molecule has 1 heterocycles. The van der Waals surface area contributed by atoms with E-state index in [1.54, 1.807) is 24.3 Å². The molecule has 3 rings (SSSR count). The number of non-ortho nitro benzene ring substituents is 1. The molecule has 1 aromatic heterocycles. The third kappa shape index (κ3) is 5.26. The number of carbonyl (C=O) groups excluding carboxylic acids is 1. The predicted molar refractivity (Wildman–Crippen MR) is 110 cm³/mol. The van der Waals surface area contributed by atoms with Gasteiger partial charge in [0.1, 0.15) is 11.5 Å². The number of rotatable bonds is 9. The average Bonchev–Trinajstić information content (AvgIpc) is 3.22. The number of benzene rings is 2. The monoisotopic (exact) mass is 430 g/mol. The third-order valence-electron chi connectivity index (χ3n) is 3.82. The smallest absolute Gasteiger partial charge is 0.277 e. The number of methoxy groups -OCH3 is 1. The molecule has 0 saturated carbocycles. The van der Waals surface area contributed by atoms with E-state index in [-0.39, 0.29) is 28.3 Å². The molecule has 1 N–H and O–H groups in total. The number of nitro benzene ring substituents is 1. The molecule has 11 heteroatoms. The van der Waals surface area contributed by atoms with Crippen LogP contribution in [0.4, 0.5) is 11.4 Å². The molecule has 0 bridgehead atoms. The molecule has 30 heavy (non-hydrogen) atoms. The molecule has 0 aliphatic carbocycles. The Morgan fingerprint density at radius 3 is 2.67 bits per heavy atom. The number of thioether (sulfide) groups is 1. The number of aromatic nitrogens is 2. The second-order valence-corrected chi connectivity index (χ2v) is 6.74. The molecule has 0 saturated heterocycles. The van der Waals surface area contributed by atoms with Gasteiger partial charge in [-0.2, -0.15) is 0 Å². The highest BCUT2D eigenvalue weighted by molar-refractivity contribution is 7.99. The molecular formula is C19H18N4O6S. The molecular weight excluding hydrogens is 412 g/mol. The van der Waals surface area contributed by atoms with Crippen molar-refractivity contribution in [2.75, 3.05) is 24.8 Å². The van der Waals surface area contributed by atoms with Gasteiger partial charge < -0.3 is 19.2 Å². The lowest BCUT2D eigenvalue weighted by Gasteiger charge is -2.09. The first-order chi connectivity index (χ1) is 14.5. The van der Waals surface area contributed by atoms with Gasteiger partial charge in [-0.05, 0) is 37.3 Å². The van der Waals surface area contributed by atoms with Gasteiger partial charge in [-0.25, -0.2) is 0 Å². The summed E-state index contributed by atoms with van der Waals surface area (Å²) in [6.45, 7) is 2.48. The quantitative estimate of drug-likeness (QED) is 0.306. The van der Waals surface area contributed by atoms with Crippen LogP contribution in [0.2, 0.25) is 0 Å². The molecule has 0 unspecified atom stereocenters. The van der Waals surface area contributed by atoms with Crippen molar-refractivity contribution in [3.63, 3.8) is 0 Å². The van der Waals surface area contributed by atoms with Crippen molar-refractivity contribution in [2.45, 2.75) is 12.1 Å². The number of nitro groups is 1. The van der Waals surface area contributed by atoms with Crippen LogP contribution >= 0.6 is 11.8 Å². The maximum Gasteiger partial charge on any atom is 0.277 e. The standard InChI is InChI=1S/C19H18N4O6S/c1-3-28-14-7-4-12(5-8-14)18-21-22-19(29-18)30-11-17(24)20-15-9-6-13(23(25)26)10-16(15)27-2/h4-10H,3,11H2,1-2H3,(H,20,24).